The number of aliphatic hydroxyl groups is 5. The Morgan fingerprint density at radius 2 is 1.09 bits per heavy atom. The molecule has 9 nitrogen and oxygen atoms in total. The van der Waals surface area contributed by atoms with Gasteiger partial charge in [0.2, 0.25) is 5.91 Å². The lowest BCUT2D eigenvalue weighted by Crippen LogP contribution is -2.60. The molecule has 316 valence electrons. The maximum atomic E-state index is 12.9. The molecule has 7 atom stereocenters. The molecule has 9 heteroatoms. The second kappa shape index (κ2) is 35.8. The van der Waals surface area contributed by atoms with Crippen molar-refractivity contribution < 1.29 is 39.8 Å². The summed E-state index contributed by atoms with van der Waals surface area (Å²) >= 11 is 0. The van der Waals surface area contributed by atoms with Crippen molar-refractivity contribution in [2.24, 2.45) is 0 Å². The minimum Gasteiger partial charge on any atom is -0.394 e. The summed E-state index contributed by atoms with van der Waals surface area (Å²) in [5.74, 6) is -0.184. The van der Waals surface area contributed by atoms with Gasteiger partial charge < -0.3 is 40.3 Å². The zero-order valence-corrected chi connectivity index (χ0v) is 34.5. The molecule has 1 rings (SSSR count). The molecule has 54 heavy (non-hydrogen) atoms. The summed E-state index contributed by atoms with van der Waals surface area (Å²) < 4.78 is 11.2. The van der Waals surface area contributed by atoms with E-state index in [1.807, 2.05) is 6.08 Å². The van der Waals surface area contributed by atoms with Crippen molar-refractivity contribution in [3.05, 3.63) is 36.5 Å². The monoisotopic (exact) mass is 766 g/mol. The van der Waals surface area contributed by atoms with E-state index in [-0.39, 0.29) is 12.5 Å². The van der Waals surface area contributed by atoms with Gasteiger partial charge in [-0.15, -0.1) is 0 Å². The van der Waals surface area contributed by atoms with Crippen molar-refractivity contribution in [3.8, 4) is 0 Å². The SMILES string of the molecule is CCCCC/C=C\C/C=C\CCCCCCCCCCCC(=O)NC(COC1OC(CO)C(O)C(O)C1O)C(O)/C=C/CCCCCCCCCCCC. The fraction of sp³-hybridized carbons (Fsp3) is 0.844. The van der Waals surface area contributed by atoms with Gasteiger partial charge in [0.05, 0.1) is 25.4 Å². The van der Waals surface area contributed by atoms with E-state index in [0.717, 1.165) is 44.9 Å². The summed E-state index contributed by atoms with van der Waals surface area (Å²) in [6.45, 7) is 3.73. The first kappa shape index (κ1) is 50.4. The average Bonchev–Trinajstić information content (AvgIpc) is 3.17. The van der Waals surface area contributed by atoms with E-state index in [9.17, 15) is 30.3 Å². The largest absolute Gasteiger partial charge is 0.394 e. The fourth-order valence-corrected chi connectivity index (χ4v) is 6.83. The van der Waals surface area contributed by atoms with Crippen LogP contribution in [0.25, 0.3) is 0 Å². The first-order chi connectivity index (χ1) is 26.3. The van der Waals surface area contributed by atoms with Gasteiger partial charge in [0.15, 0.2) is 6.29 Å². The van der Waals surface area contributed by atoms with Crippen molar-refractivity contribution >= 4 is 5.91 Å². The van der Waals surface area contributed by atoms with Crippen LogP contribution in [0.2, 0.25) is 0 Å². The number of unbranched alkanes of at least 4 members (excludes halogenated alkanes) is 22. The molecule has 0 radical (unpaired) electrons. The molecule has 0 spiro atoms. The van der Waals surface area contributed by atoms with Crippen LogP contribution in [0.15, 0.2) is 36.5 Å². The molecule has 0 saturated carbocycles. The molecule has 1 fully saturated rings. The van der Waals surface area contributed by atoms with Crippen LogP contribution in [-0.4, -0.2) is 87.5 Å². The zero-order valence-electron chi connectivity index (χ0n) is 34.5. The lowest BCUT2D eigenvalue weighted by molar-refractivity contribution is -0.302. The van der Waals surface area contributed by atoms with Gasteiger partial charge in [0.25, 0.3) is 0 Å². The number of rotatable bonds is 36. The van der Waals surface area contributed by atoms with E-state index < -0.39 is 49.5 Å². The fourth-order valence-electron chi connectivity index (χ4n) is 6.83. The van der Waals surface area contributed by atoms with Gasteiger partial charge in [0, 0.05) is 6.42 Å². The number of hydrogen-bond donors (Lipinski definition) is 6. The molecule has 1 aliphatic rings. The topological polar surface area (TPSA) is 149 Å². The van der Waals surface area contributed by atoms with E-state index in [1.165, 1.54) is 122 Å². The van der Waals surface area contributed by atoms with Crippen molar-refractivity contribution in [2.75, 3.05) is 13.2 Å². The molecule has 7 unspecified atom stereocenters. The predicted molar refractivity (Wildman–Crippen MR) is 221 cm³/mol. The molecule has 0 aliphatic carbocycles. The number of aliphatic hydroxyl groups excluding tert-OH is 5. The smallest absolute Gasteiger partial charge is 0.220 e. The number of amides is 1. The van der Waals surface area contributed by atoms with Crippen molar-refractivity contribution in [3.63, 3.8) is 0 Å². The summed E-state index contributed by atoms with van der Waals surface area (Å²) in [6, 6.07) is -0.804. The zero-order chi connectivity index (χ0) is 39.5. The van der Waals surface area contributed by atoms with Crippen LogP contribution in [0.1, 0.15) is 187 Å². The standard InChI is InChI=1S/C45H83NO8/c1-3-5-7-9-11-13-15-17-18-19-20-21-22-23-25-27-29-31-33-35-41(49)46-38(37-53-45-44(52)43(51)42(50)40(36-47)54-45)39(48)34-32-30-28-26-24-16-14-12-10-8-6-4-2/h11,13,17-18,32,34,38-40,42-45,47-48,50-52H,3-10,12,14-16,19-31,33,35-37H2,1-2H3,(H,46,49)/b13-11-,18-17-,34-32+. The quantitative estimate of drug-likeness (QED) is 0.0274. The van der Waals surface area contributed by atoms with E-state index in [1.54, 1.807) is 6.08 Å². The van der Waals surface area contributed by atoms with Crippen molar-refractivity contribution in [1.29, 1.82) is 0 Å². The van der Waals surface area contributed by atoms with Crippen LogP contribution in [0.4, 0.5) is 0 Å². The Hall–Kier alpha value is -1.59. The number of ether oxygens (including phenoxy) is 2. The minimum absolute atomic E-state index is 0.184. The molecular weight excluding hydrogens is 682 g/mol. The Balaban J connectivity index is 2.35. The molecule has 1 amide bonds. The molecule has 6 N–H and O–H groups in total. The molecule has 0 aromatic heterocycles. The van der Waals surface area contributed by atoms with Crippen LogP contribution in [0.3, 0.4) is 0 Å². The molecule has 1 aliphatic heterocycles. The molecule has 0 aromatic carbocycles. The van der Waals surface area contributed by atoms with Gasteiger partial charge in [-0.25, -0.2) is 0 Å². The number of carbonyl (C=O) groups excluding carboxylic acids is 1. The van der Waals surface area contributed by atoms with Crippen LogP contribution in [-0.2, 0) is 14.3 Å². The van der Waals surface area contributed by atoms with Crippen LogP contribution in [0.5, 0.6) is 0 Å². The van der Waals surface area contributed by atoms with Crippen LogP contribution < -0.4 is 5.32 Å². The second-order valence-corrected chi connectivity index (χ2v) is 15.5. The van der Waals surface area contributed by atoms with Gasteiger partial charge in [-0.3, -0.25) is 4.79 Å². The third kappa shape index (κ3) is 26.3. The lowest BCUT2D eigenvalue weighted by Gasteiger charge is -2.40. The maximum absolute atomic E-state index is 12.9. The highest BCUT2D eigenvalue weighted by molar-refractivity contribution is 5.76. The normalized spacial score (nSPS) is 21.8. The van der Waals surface area contributed by atoms with E-state index in [4.69, 9.17) is 9.47 Å². The summed E-state index contributed by atoms with van der Waals surface area (Å²) in [5.41, 5.74) is 0. The summed E-state index contributed by atoms with van der Waals surface area (Å²) in [6.07, 6.45) is 36.1. The van der Waals surface area contributed by atoms with Crippen molar-refractivity contribution in [1.82, 2.24) is 5.32 Å². The Morgan fingerprint density at radius 3 is 1.63 bits per heavy atom. The van der Waals surface area contributed by atoms with E-state index in [0.29, 0.717) is 6.42 Å². The highest BCUT2D eigenvalue weighted by Gasteiger charge is 2.44. The second-order valence-electron chi connectivity index (χ2n) is 15.5. The molecule has 0 bridgehead atoms. The van der Waals surface area contributed by atoms with Crippen LogP contribution in [0, 0.1) is 0 Å². The molecule has 1 saturated heterocycles. The summed E-state index contributed by atoms with van der Waals surface area (Å²) in [7, 11) is 0. The Labute approximate surface area is 330 Å². The lowest BCUT2D eigenvalue weighted by atomic mass is 9.99. The molecular formula is C45H83NO8. The van der Waals surface area contributed by atoms with Crippen LogP contribution >= 0.6 is 0 Å². The van der Waals surface area contributed by atoms with E-state index >= 15 is 0 Å². The number of allylic oxidation sites excluding steroid dienone is 5. The third-order valence-electron chi connectivity index (χ3n) is 10.5. The third-order valence-corrected chi connectivity index (χ3v) is 10.5. The summed E-state index contributed by atoms with van der Waals surface area (Å²) in [4.78, 5) is 12.9. The van der Waals surface area contributed by atoms with E-state index in [2.05, 4.69) is 43.5 Å². The van der Waals surface area contributed by atoms with Gasteiger partial charge in [-0.2, -0.15) is 0 Å². The summed E-state index contributed by atoms with van der Waals surface area (Å²) in [5, 5.41) is 54.1. The average molecular weight is 766 g/mol. The first-order valence-electron chi connectivity index (χ1n) is 22.2. The van der Waals surface area contributed by atoms with Gasteiger partial charge >= 0.3 is 0 Å². The van der Waals surface area contributed by atoms with Gasteiger partial charge in [-0.1, -0.05) is 166 Å². The van der Waals surface area contributed by atoms with Gasteiger partial charge in [-0.05, 0) is 51.4 Å². The highest BCUT2D eigenvalue weighted by atomic mass is 16.7. The number of carbonyl (C=O) groups is 1. The van der Waals surface area contributed by atoms with Gasteiger partial charge in [0.1, 0.15) is 24.4 Å². The Kier molecular flexibility index (Phi) is 33.4. The van der Waals surface area contributed by atoms with Crippen molar-refractivity contribution in [2.45, 2.75) is 230 Å². The predicted octanol–water partition coefficient (Wildman–Crippen LogP) is 8.89. The minimum atomic E-state index is -1.57. The molecule has 0 aromatic rings. The number of hydrogen-bond acceptors (Lipinski definition) is 8. The highest BCUT2D eigenvalue weighted by Crippen LogP contribution is 2.22. The maximum Gasteiger partial charge on any atom is 0.220 e. The first-order valence-corrected chi connectivity index (χ1v) is 22.2. The Morgan fingerprint density at radius 1 is 0.630 bits per heavy atom. The number of nitrogens with one attached hydrogen (secondary N) is 1. The Bertz CT molecular complexity index is 941. The molecule has 1 heterocycles.